The fourth-order valence-corrected chi connectivity index (χ4v) is 2.42. The molecule has 18 heavy (non-hydrogen) atoms. The molecule has 2 nitrogen and oxygen atoms in total. The largest absolute Gasteiger partial charge is 0.497 e. The quantitative estimate of drug-likeness (QED) is 0.739. The van der Waals surface area contributed by atoms with E-state index in [-0.39, 0.29) is 5.78 Å². The molecule has 4 heteroatoms. The van der Waals surface area contributed by atoms with Crippen molar-refractivity contribution in [3.05, 3.63) is 46.2 Å². The van der Waals surface area contributed by atoms with Gasteiger partial charge in [0.25, 0.3) is 0 Å². The third-order valence-corrected chi connectivity index (χ3v) is 4.24. The summed E-state index contributed by atoms with van der Waals surface area (Å²) in [5.74, 6) is 0.783. The number of hydrogen-bond donors (Lipinski definition) is 0. The molecule has 0 atom stereocenters. The van der Waals surface area contributed by atoms with E-state index >= 15 is 0 Å². The molecule has 0 spiro atoms. The van der Waals surface area contributed by atoms with E-state index < -0.39 is 0 Å². The molecule has 0 saturated heterocycles. The zero-order chi connectivity index (χ0) is 13.4. The van der Waals surface area contributed by atoms with E-state index in [0.29, 0.717) is 0 Å². The molecule has 0 fully saturated rings. The van der Waals surface area contributed by atoms with Gasteiger partial charge in [0.05, 0.1) is 7.11 Å². The Morgan fingerprint density at radius 2 is 2.00 bits per heavy atom. The number of carbonyl (C=O) groups excluding carboxylic acids is 1. The van der Waals surface area contributed by atoms with E-state index in [9.17, 15) is 4.79 Å². The monoisotopic (exact) mass is 280 g/mol. The Labute approximate surface area is 116 Å². The summed E-state index contributed by atoms with van der Waals surface area (Å²) in [4.78, 5) is 11.7. The fraction of sp³-hybridized carbons (Fsp3) is 0.214. The minimum atomic E-state index is -0.00322. The molecule has 1 rings (SSSR count). The Morgan fingerprint density at radius 1 is 1.28 bits per heavy atom. The lowest BCUT2D eigenvalue weighted by Gasteiger charge is -1.99. The molecule has 0 saturated carbocycles. The highest BCUT2D eigenvalue weighted by Gasteiger charge is 1.97. The van der Waals surface area contributed by atoms with Crippen LogP contribution in [0.25, 0.3) is 6.08 Å². The minimum Gasteiger partial charge on any atom is -0.497 e. The molecule has 0 unspecified atom stereocenters. The fourth-order valence-electron chi connectivity index (χ4n) is 1.29. The first-order valence-electron chi connectivity index (χ1n) is 5.35. The Morgan fingerprint density at radius 3 is 2.61 bits per heavy atom. The number of carbonyl (C=O) groups is 1. The van der Waals surface area contributed by atoms with Gasteiger partial charge in [0.2, 0.25) is 0 Å². The first kappa shape index (κ1) is 14.9. The first-order chi connectivity index (χ1) is 8.69. The van der Waals surface area contributed by atoms with Gasteiger partial charge in [0.15, 0.2) is 5.78 Å². The number of ether oxygens (including phenoxy) is 1. The molecule has 96 valence electrons. The van der Waals surface area contributed by atoms with Crippen LogP contribution in [0.2, 0.25) is 0 Å². The number of hydrogen-bond acceptors (Lipinski definition) is 4. The van der Waals surface area contributed by atoms with Gasteiger partial charge in [0.1, 0.15) is 5.75 Å². The van der Waals surface area contributed by atoms with Gasteiger partial charge < -0.3 is 4.74 Å². The van der Waals surface area contributed by atoms with Crippen molar-refractivity contribution >= 4 is 35.4 Å². The lowest BCUT2D eigenvalue weighted by molar-refractivity contribution is -0.110. The highest BCUT2D eigenvalue weighted by Crippen LogP contribution is 2.23. The van der Waals surface area contributed by atoms with E-state index in [1.165, 1.54) is 0 Å². The topological polar surface area (TPSA) is 26.3 Å². The SMILES string of the molecule is COc1cccc(C=CC(=O)C=C(SC)SC)c1. The maximum atomic E-state index is 11.7. The smallest absolute Gasteiger partial charge is 0.180 e. The number of allylic oxidation sites excluding steroid dienone is 2. The molecule has 0 N–H and O–H groups in total. The normalized spacial score (nSPS) is 10.4. The minimum absolute atomic E-state index is 0.00322. The number of rotatable bonds is 6. The Bertz CT molecular complexity index is 459. The highest BCUT2D eigenvalue weighted by atomic mass is 32.2. The summed E-state index contributed by atoms with van der Waals surface area (Å²) in [7, 11) is 1.62. The Kier molecular flexibility index (Phi) is 6.68. The lowest BCUT2D eigenvalue weighted by Crippen LogP contribution is -1.87. The van der Waals surface area contributed by atoms with Crippen LogP contribution in [0.5, 0.6) is 5.75 Å². The number of benzene rings is 1. The Balaban J connectivity index is 2.74. The van der Waals surface area contributed by atoms with Crippen molar-refractivity contribution in [1.29, 1.82) is 0 Å². The predicted molar refractivity (Wildman–Crippen MR) is 82.1 cm³/mol. The maximum absolute atomic E-state index is 11.7. The van der Waals surface area contributed by atoms with Gasteiger partial charge in [-0.1, -0.05) is 18.2 Å². The first-order valence-corrected chi connectivity index (χ1v) is 7.80. The summed E-state index contributed by atoms with van der Waals surface area (Å²) < 4.78 is 6.13. The molecular formula is C14H16O2S2. The summed E-state index contributed by atoms with van der Waals surface area (Å²) in [5.41, 5.74) is 0.950. The molecular weight excluding hydrogens is 264 g/mol. The van der Waals surface area contributed by atoms with E-state index in [0.717, 1.165) is 15.6 Å². The van der Waals surface area contributed by atoms with Crippen molar-refractivity contribution < 1.29 is 9.53 Å². The predicted octanol–water partition coefficient (Wildman–Crippen LogP) is 3.84. The summed E-state index contributed by atoms with van der Waals surface area (Å²) in [6.45, 7) is 0. The molecule has 1 aromatic carbocycles. The van der Waals surface area contributed by atoms with Gasteiger partial charge in [-0.05, 0) is 36.3 Å². The van der Waals surface area contributed by atoms with Crippen LogP contribution in [-0.4, -0.2) is 25.4 Å². The number of thioether (sulfide) groups is 2. The molecule has 0 radical (unpaired) electrons. The van der Waals surface area contributed by atoms with Crippen LogP contribution in [0.15, 0.2) is 40.7 Å². The summed E-state index contributed by atoms with van der Waals surface area (Å²) >= 11 is 3.15. The molecule has 1 aromatic rings. The van der Waals surface area contributed by atoms with Gasteiger partial charge in [-0.25, -0.2) is 0 Å². The Hall–Kier alpha value is -1.13. The summed E-state index contributed by atoms with van der Waals surface area (Å²) in [5, 5.41) is 0. The van der Waals surface area contributed by atoms with Crippen LogP contribution in [-0.2, 0) is 4.79 Å². The van der Waals surface area contributed by atoms with Gasteiger partial charge in [-0.2, -0.15) is 0 Å². The van der Waals surface area contributed by atoms with Crippen molar-refractivity contribution in [2.24, 2.45) is 0 Å². The van der Waals surface area contributed by atoms with Crippen LogP contribution in [0.3, 0.4) is 0 Å². The van der Waals surface area contributed by atoms with Gasteiger partial charge in [0, 0.05) is 10.3 Å². The third-order valence-electron chi connectivity index (χ3n) is 2.20. The van der Waals surface area contributed by atoms with Gasteiger partial charge in [-0.15, -0.1) is 23.5 Å². The van der Waals surface area contributed by atoms with Crippen LogP contribution in [0.1, 0.15) is 5.56 Å². The van der Waals surface area contributed by atoms with Gasteiger partial charge >= 0.3 is 0 Å². The van der Waals surface area contributed by atoms with Gasteiger partial charge in [-0.3, -0.25) is 4.79 Å². The van der Waals surface area contributed by atoms with E-state index in [2.05, 4.69) is 0 Å². The van der Waals surface area contributed by atoms with Crippen molar-refractivity contribution in [1.82, 2.24) is 0 Å². The third kappa shape index (κ3) is 5.02. The van der Waals surface area contributed by atoms with Crippen LogP contribution < -0.4 is 4.74 Å². The van der Waals surface area contributed by atoms with Crippen LogP contribution >= 0.6 is 23.5 Å². The maximum Gasteiger partial charge on any atom is 0.180 e. The van der Waals surface area contributed by atoms with Crippen molar-refractivity contribution in [2.45, 2.75) is 0 Å². The lowest BCUT2D eigenvalue weighted by atomic mass is 10.2. The number of methoxy groups -OCH3 is 1. The second-order valence-corrected chi connectivity index (χ2v) is 5.34. The molecule has 0 aliphatic rings. The highest BCUT2D eigenvalue weighted by molar-refractivity contribution is 8.21. The van der Waals surface area contributed by atoms with E-state index in [1.54, 1.807) is 48.9 Å². The summed E-state index contributed by atoms with van der Waals surface area (Å²) in [6.07, 6.45) is 8.93. The molecule has 0 aliphatic carbocycles. The molecule has 0 bridgehead atoms. The van der Waals surface area contributed by atoms with Crippen molar-refractivity contribution in [2.75, 3.05) is 19.6 Å². The van der Waals surface area contributed by atoms with E-state index in [1.807, 2.05) is 36.8 Å². The zero-order valence-electron chi connectivity index (χ0n) is 10.7. The summed E-state index contributed by atoms with van der Waals surface area (Å²) in [6, 6.07) is 7.59. The average Bonchev–Trinajstić information content (AvgIpc) is 2.42. The van der Waals surface area contributed by atoms with E-state index in [4.69, 9.17) is 4.74 Å². The molecule has 0 heterocycles. The molecule has 0 amide bonds. The van der Waals surface area contributed by atoms with Crippen LogP contribution in [0.4, 0.5) is 0 Å². The molecule has 0 aliphatic heterocycles. The second kappa shape index (κ2) is 8.06. The molecule has 0 aromatic heterocycles. The second-order valence-electron chi connectivity index (χ2n) is 3.38. The average molecular weight is 280 g/mol. The zero-order valence-corrected chi connectivity index (χ0v) is 12.3. The number of ketones is 1. The van der Waals surface area contributed by atoms with Crippen molar-refractivity contribution in [3.8, 4) is 5.75 Å². The van der Waals surface area contributed by atoms with Crippen molar-refractivity contribution in [3.63, 3.8) is 0 Å². The van der Waals surface area contributed by atoms with Crippen LogP contribution in [0, 0.1) is 0 Å². The standard InChI is InChI=1S/C14H16O2S2/c1-16-13-6-4-5-11(9-13)7-8-12(15)10-14(17-2)18-3/h4-10H,1-3H3.